The third-order valence-electron chi connectivity index (χ3n) is 2.08. The van der Waals surface area contributed by atoms with Crippen LogP contribution in [-0.4, -0.2) is 24.2 Å². The Balaban J connectivity index is 2.08. The molecule has 1 unspecified atom stereocenters. The van der Waals surface area contributed by atoms with E-state index in [2.05, 4.69) is 26.2 Å². The van der Waals surface area contributed by atoms with Crippen LogP contribution < -0.4 is 5.32 Å². The van der Waals surface area contributed by atoms with Crippen LogP contribution in [0.1, 0.15) is 6.42 Å². The lowest BCUT2D eigenvalue weighted by Crippen LogP contribution is -2.20. The van der Waals surface area contributed by atoms with E-state index in [1.807, 2.05) is 0 Å². The molecule has 5 heteroatoms. The van der Waals surface area contributed by atoms with Crippen LogP contribution in [0.15, 0.2) is 16.7 Å². The van der Waals surface area contributed by atoms with Gasteiger partial charge in [-0.25, -0.2) is 9.37 Å². The molecule has 1 fully saturated rings. The maximum atomic E-state index is 13.3. The summed E-state index contributed by atoms with van der Waals surface area (Å²) in [7, 11) is 0. The van der Waals surface area contributed by atoms with Gasteiger partial charge in [-0.1, -0.05) is 0 Å². The lowest BCUT2D eigenvalue weighted by atomic mass is 10.2. The van der Waals surface area contributed by atoms with Gasteiger partial charge in [0, 0.05) is 17.3 Å². The van der Waals surface area contributed by atoms with E-state index in [0.717, 1.165) is 13.0 Å². The first-order chi connectivity index (χ1) is 6.75. The van der Waals surface area contributed by atoms with Gasteiger partial charge in [0.2, 0.25) is 0 Å². The summed E-state index contributed by atoms with van der Waals surface area (Å²) in [6.45, 7) is 1.35. The van der Waals surface area contributed by atoms with Crippen LogP contribution in [0.25, 0.3) is 0 Å². The lowest BCUT2D eigenvalue weighted by molar-refractivity contribution is 0.195. The Bertz CT molecular complexity index is 329. The predicted octanol–water partition coefficient (Wildman–Crippen LogP) is 2.18. The largest absolute Gasteiger partial charge is 0.379 e. The number of anilines is 1. The summed E-state index contributed by atoms with van der Waals surface area (Å²) in [5.41, 5.74) is 0. The Morgan fingerprint density at radius 3 is 3.14 bits per heavy atom. The Hall–Kier alpha value is -0.680. The summed E-state index contributed by atoms with van der Waals surface area (Å²) < 4.78 is 19.1. The van der Waals surface area contributed by atoms with Crippen LogP contribution in [0.3, 0.4) is 0 Å². The van der Waals surface area contributed by atoms with E-state index in [4.69, 9.17) is 4.74 Å². The van der Waals surface area contributed by atoms with Gasteiger partial charge >= 0.3 is 0 Å². The molecule has 1 aliphatic heterocycles. The summed E-state index contributed by atoms with van der Waals surface area (Å²) in [5, 5.41) is 3.00. The summed E-state index contributed by atoms with van der Waals surface area (Å²) in [5.74, 6) is -0.0463. The molecule has 0 radical (unpaired) electrons. The standard InChI is InChI=1S/C9H10BrFN2O/c10-6-3-8(11)9(12-4-6)13-7-1-2-14-5-7/h3-4,7H,1-2,5H2,(H,12,13). The van der Waals surface area contributed by atoms with Gasteiger partial charge in [-0.05, 0) is 28.4 Å². The van der Waals surface area contributed by atoms with Gasteiger partial charge in [-0.2, -0.15) is 0 Å². The van der Waals surface area contributed by atoms with Crippen LogP contribution >= 0.6 is 15.9 Å². The fourth-order valence-electron chi connectivity index (χ4n) is 1.36. The minimum atomic E-state index is -0.341. The minimum Gasteiger partial charge on any atom is -0.379 e. The van der Waals surface area contributed by atoms with Crippen molar-refractivity contribution in [3.8, 4) is 0 Å². The van der Waals surface area contributed by atoms with Crippen molar-refractivity contribution in [2.75, 3.05) is 18.5 Å². The average Bonchev–Trinajstić information content (AvgIpc) is 2.62. The zero-order valence-electron chi connectivity index (χ0n) is 7.46. The quantitative estimate of drug-likeness (QED) is 0.886. The molecule has 0 saturated carbocycles. The fourth-order valence-corrected chi connectivity index (χ4v) is 1.67. The molecule has 0 aliphatic carbocycles. The second-order valence-electron chi connectivity index (χ2n) is 3.19. The molecule has 14 heavy (non-hydrogen) atoms. The smallest absolute Gasteiger partial charge is 0.166 e. The van der Waals surface area contributed by atoms with E-state index in [-0.39, 0.29) is 11.9 Å². The van der Waals surface area contributed by atoms with E-state index in [9.17, 15) is 4.39 Å². The molecule has 1 saturated heterocycles. The number of hydrogen-bond donors (Lipinski definition) is 1. The van der Waals surface area contributed by atoms with Crippen molar-refractivity contribution in [3.63, 3.8) is 0 Å². The Labute approximate surface area is 89.8 Å². The summed E-state index contributed by atoms with van der Waals surface area (Å²) in [4.78, 5) is 3.95. The summed E-state index contributed by atoms with van der Waals surface area (Å²) >= 11 is 3.15. The maximum absolute atomic E-state index is 13.3. The van der Waals surface area contributed by atoms with Crippen molar-refractivity contribution in [2.45, 2.75) is 12.5 Å². The van der Waals surface area contributed by atoms with Crippen LogP contribution in [-0.2, 0) is 4.74 Å². The highest BCUT2D eigenvalue weighted by Crippen LogP contribution is 2.18. The first-order valence-electron chi connectivity index (χ1n) is 4.41. The topological polar surface area (TPSA) is 34.2 Å². The van der Waals surface area contributed by atoms with E-state index in [0.29, 0.717) is 16.9 Å². The highest BCUT2D eigenvalue weighted by molar-refractivity contribution is 9.10. The molecule has 3 nitrogen and oxygen atoms in total. The van der Waals surface area contributed by atoms with Crippen LogP contribution in [0.2, 0.25) is 0 Å². The van der Waals surface area contributed by atoms with Crippen molar-refractivity contribution < 1.29 is 9.13 Å². The third-order valence-corrected chi connectivity index (χ3v) is 2.51. The first-order valence-corrected chi connectivity index (χ1v) is 5.20. The van der Waals surface area contributed by atoms with Crippen molar-refractivity contribution in [1.82, 2.24) is 4.98 Å². The second-order valence-corrected chi connectivity index (χ2v) is 4.10. The average molecular weight is 261 g/mol. The second kappa shape index (κ2) is 4.23. The van der Waals surface area contributed by atoms with Gasteiger partial charge < -0.3 is 10.1 Å². The Morgan fingerprint density at radius 1 is 1.64 bits per heavy atom. The molecule has 1 aromatic heterocycles. The minimum absolute atomic E-state index is 0.179. The van der Waals surface area contributed by atoms with Crippen molar-refractivity contribution in [2.24, 2.45) is 0 Å². The van der Waals surface area contributed by atoms with Gasteiger partial charge in [0.1, 0.15) is 0 Å². The molecule has 0 aromatic carbocycles. The zero-order valence-corrected chi connectivity index (χ0v) is 9.05. The normalized spacial score (nSPS) is 21.1. The highest BCUT2D eigenvalue weighted by atomic mass is 79.9. The number of aromatic nitrogens is 1. The molecule has 76 valence electrons. The molecule has 0 amide bonds. The molecule has 0 bridgehead atoms. The number of nitrogens with zero attached hydrogens (tertiary/aromatic N) is 1. The molecule has 2 heterocycles. The number of pyridine rings is 1. The Morgan fingerprint density at radius 2 is 2.50 bits per heavy atom. The van der Waals surface area contributed by atoms with E-state index in [1.165, 1.54) is 6.07 Å². The fraction of sp³-hybridized carbons (Fsp3) is 0.444. The van der Waals surface area contributed by atoms with E-state index < -0.39 is 0 Å². The molecule has 2 rings (SSSR count). The van der Waals surface area contributed by atoms with E-state index >= 15 is 0 Å². The van der Waals surface area contributed by atoms with Crippen molar-refractivity contribution >= 4 is 21.7 Å². The predicted molar refractivity (Wildman–Crippen MR) is 54.7 cm³/mol. The molecule has 1 atom stereocenters. The molecule has 1 aromatic rings. The van der Waals surface area contributed by atoms with Crippen LogP contribution in [0, 0.1) is 5.82 Å². The van der Waals surface area contributed by atoms with Gasteiger partial charge in [0.05, 0.1) is 12.6 Å². The molecule has 1 N–H and O–H groups in total. The SMILES string of the molecule is Fc1cc(Br)cnc1NC1CCOC1. The van der Waals surface area contributed by atoms with Crippen LogP contribution in [0.4, 0.5) is 10.2 Å². The molecule has 0 spiro atoms. The van der Waals surface area contributed by atoms with E-state index in [1.54, 1.807) is 6.20 Å². The first kappa shape index (κ1) is 9.86. The van der Waals surface area contributed by atoms with Crippen molar-refractivity contribution in [3.05, 3.63) is 22.6 Å². The van der Waals surface area contributed by atoms with Gasteiger partial charge in [0.15, 0.2) is 11.6 Å². The number of halogens is 2. The van der Waals surface area contributed by atoms with Gasteiger partial charge in [-0.3, -0.25) is 0 Å². The monoisotopic (exact) mass is 260 g/mol. The Kier molecular flexibility index (Phi) is 2.98. The van der Waals surface area contributed by atoms with Crippen LogP contribution in [0.5, 0.6) is 0 Å². The summed E-state index contributed by atoms with van der Waals surface area (Å²) in [6, 6.07) is 1.57. The number of nitrogens with one attached hydrogen (secondary N) is 1. The van der Waals surface area contributed by atoms with Crippen molar-refractivity contribution in [1.29, 1.82) is 0 Å². The highest BCUT2D eigenvalue weighted by Gasteiger charge is 2.17. The van der Waals surface area contributed by atoms with Gasteiger partial charge in [-0.15, -0.1) is 0 Å². The number of hydrogen-bond acceptors (Lipinski definition) is 3. The maximum Gasteiger partial charge on any atom is 0.166 e. The molecular weight excluding hydrogens is 251 g/mol. The molecule has 1 aliphatic rings. The lowest BCUT2D eigenvalue weighted by Gasteiger charge is -2.11. The third kappa shape index (κ3) is 2.22. The number of rotatable bonds is 2. The zero-order chi connectivity index (χ0) is 9.97. The summed E-state index contributed by atoms with van der Waals surface area (Å²) in [6.07, 6.45) is 2.47. The molecular formula is C9H10BrFN2O. The van der Waals surface area contributed by atoms with Gasteiger partial charge in [0.25, 0.3) is 0 Å². The number of ether oxygens (including phenoxy) is 1.